The molecule has 1 aromatic carbocycles. The molecule has 6 heteroatoms. The summed E-state index contributed by atoms with van der Waals surface area (Å²) in [4.78, 5) is 10.6. The van der Waals surface area contributed by atoms with E-state index in [-0.39, 0.29) is 22.3 Å². The van der Waals surface area contributed by atoms with E-state index in [1.807, 2.05) is 0 Å². The first-order valence-electron chi connectivity index (χ1n) is 4.89. The number of ether oxygens (including phenoxy) is 1. The van der Waals surface area contributed by atoms with Gasteiger partial charge in [0, 0.05) is 7.11 Å². The van der Waals surface area contributed by atoms with Gasteiger partial charge >= 0.3 is 5.97 Å². The molecular weight excluding hydrogens is 247 g/mol. The van der Waals surface area contributed by atoms with Crippen molar-refractivity contribution in [3.8, 4) is 0 Å². The maximum Gasteiger partial charge on any atom is 0.335 e. The van der Waals surface area contributed by atoms with Crippen LogP contribution >= 0.6 is 0 Å². The minimum Gasteiger partial charge on any atom is -0.478 e. The van der Waals surface area contributed by atoms with E-state index in [1.165, 1.54) is 7.11 Å². The van der Waals surface area contributed by atoms with Gasteiger partial charge in [-0.25, -0.2) is 9.18 Å². The standard InChI is InChI=1S/C11H13FO4S/c1-7(16-2)6-17(15)10-5-8(11(13)14)3-4-9(10)12/h3-5,7H,6H2,1-2H3,(H,13,14). The van der Waals surface area contributed by atoms with Crippen LogP contribution in [0.15, 0.2) is 23.1 Å². The minimum absolute atomic E-state index is 0.0835. The van der Waals surface area contributed by atoms with Crippen molar-refractivity contribution in [3.63, 3.8) is 0 Å². The van der Waals surface area contributed by atoms with Crippen molar-refractivity contribution in [1.29, 1.82) is 0 Å². The van der Waals surface area contributed by atoms with Crippen LogP contribution in [0.3, 0.4) is 0 Å². The molecule has 0 aliphatic rings. The van der Waals surface area contributed by atoms with E-state index in [9.17, 15) is 13.4 Å². The summed E-state index contributed by atoms with van der Waals surface area (Å²) in [6, 6.07) is 3.24. The third kappa shape index (κ3) is 3.61. The van der Waals surface area contributed by atoms with E-state index in [1.54, 1.807) is 6.92 Å². The molecule has 17 heavy (non-hydrogen) atoms. The number of hydrogen-bond acceptors (Lipinski definition) is 3. The third-order valence-corrected chi connectivity index (χ3v) is 3.79. The second-order valence-electron chi connectivity index (χ2n) is 3.51. The summed E-state index contributed by atoms with van der Waals surface area (Å²) in [6.07, 6.45) is -0.288. The largest absolute Gasteiger partial charge is 0.478 e. The Morgan fingerprint density at radius 3 is 2.76 bits per heavy atom. The van der Waals surface area contributed by atoms with Gasteiger partial charge in [-0.15, -0.1) is 0 Å². The number of benzene rings is 1. The molecule has 4 nitrogen and oxygen atoms in total. The fourth-order valence-corrected chi connectivity index (χ4v) is 2.47. The smallest absolute Gasteiger partial charge is 0.335 e. The van der Waals surface area contributed by atoms with Crippen molar-refractivity contribution in [2.75, 3.05) is 12.9 Å². The molecule has 0 bridgehead atoms. The fraction of sp³-hybridized carbons (Fsp3) is 0.364. The summed E-state index contributed by atoms with van der Waals surface area (Å²) in [7, 11) is -0.151. The SMILES string of the molecule is COC(C)CS(=O)c1cc(C(=O)O)ccc1F. The van der Waals surface area contributed by atoms with Crippen molar-refractivity contribution in [1.82, 2.24) is 0 Å². The Morgan fingerprint density at radius 1 is 1.59 bits per heavy atom. The average Bonchev–Trinajstić information content (AvgIpc) is 2.28. The summed E-state index contributed by atoms with van der Waals surface area (Å²) in [5.74, 6) is -1.73. The van der Waals surface area contributed by atoms with Crippen LogP contribution in [-0.4, -0.2) is 34.3 Å². The molecule has 94 valence electrons. The van der Waals surface area contributed by atoms with E-state index in [4.69, 9.17) is 9.84 Å². The van der Waals surface area contributed by atoms with E-state index in [0.29, 0.717) is 0 Å². The fourth-order valence-electron chi connectivity index (χ4n) is 1.18. The molecule has 0 amide bonds. The molecular formula is C11H13FO4S. The van der Waals surface area contributed by atoms with Gasteiger partial charge in [0.1, 0.15) is 5.82 Å². The van der Waals surface area contributed by atoms with Crippen LogP contribution in [0.1, 0.15) is 17.3 Å². The molecule has 0 aromatic heterocycles. The Bertz CT molecular complexity index is 447. The highest BCUT2D eigenvalue weighted by atomic mass is 32.2. The number of halogens is 1. The third-order valence-electron chi connectivity index (χ3n) is 2.21. The highest BCUT2D eigenvalue weighted by molar-refractivity contribution is 7.85. The molecule has 0 fully saturated rings. The van der Waals surface area contributed by atoms with Gasteiger partial charge in [0.05, 0.1) is 33.1 Å². The molecule has 0 spiro atoms. The van der Waals surface area contributed by atoms with Gasteiger partial charge in [-0.1, -0.05) is 0 Å². The van der Waals surface area contributed by atoms with E-state index in [2.05, 4.69) is 0 Å². The van der Waals surface area contributed by atoms with Crippen molar-refractivity contribution < 1.29 is 23.2 Å². The van der Waals surface area contributed by atoms with Crippen LogP contribution in [0, 0.1) is 5.82 Å². The number of carbonyl (C=O) groups is 1. The van der Waals surface area contributed by atoms with Crippen LogP contribution in [0.5, 0.6) is 0 Å². The lowest BCUT2D eigenvalue weighted by Crippen LogP contribution is -2.16. The second-order valence-corrected chi connectivity index (χ2v) is 4.97. The average molecular weight is 260 g/mol. The molecule has 0 aliphatic carbocycles. The van der Waals surface area contributed by atoms with Crippen LogP contribution in [-0.2, 0) is 15.5 Å². The van der Waals surface area contributed by atoms with Gasteiger partial charge in [-0.05, 0) is 25.1 Å². The molecule has 1 N–H and O–H groups in total. The molecule has 2 atom stereocenters. The molecule has 1 rings (SSSR count). The van der Waals surface area contributed by atoms with Gasteiger partial charge in [0.2, 0.25) is 0 Å². The molecule has 2 unspecified atom stereocenters. The topological polar surface area (TPSA) is 63.6 Å². The Hall–Kier alpha value is -1.27. The van der Waals surface area contributed by atoms with Crippen molar-refractivity contribution in [2.24, 2.45) is 0 Å². The summed E-state index contributed by atoms with van der Waals surface area (Å²) >= 11 is 0. The van der Waals surface area contributed by atoms with Crippen LogP contribution in [0.4, 0.5) is 4.39 Å². The van der Waals surface area contributed by atoms with Crippen molar-refractivity contribution in [3.05, 3.63) is 29.6 Å². The van der Waals surface area contributed by atoms with Crippen LogP contribution in [0.2, 0.25) is 0 Å². The van der Waals surface area contributed by atoms with Crippen molar-refractivity contribution in [2.45, 2.75) is 17.9 Å². The Kier molecular flexibility index (Phi) is 4.77. The summed E-state index contributed by atoms with van der Waals surface area (Å²) in [6.45, 7) is 1.71. The Morgan fingerprint density at radius 2 is 2.24 bits per heavy atom. The van der Waals surface area contributed by atoms with Gasteiger partial charge in [-0.3, -0.25) is 4.21 Å². The highest BCUT2D eigenvalue weighted by Gasteiger charge is 2.16. The van der Waals surface area contributed by atoms with Gasteiger partial charge in [0.25, 0.3) is 0 Å². The lowest BCUT2D eigenvalue weighted by atomic mass is 10.2. The van der Waals surface area contributed by atoms with Gasteiger partial charge < -0.3 is 9.84 Å². The van der Waals surface area contributed by atoms with E-state index >= 15 is 0 Å². The zero-order valence-electron chi connectivity index (χ0n) is 9.47. The maximum absolute atomic E-state index is 13.4. The molecule has 0 aliphatic heterocycles. The van der Waals surface area contributed by atoms with Gasteiger partial charge in [-0.2, -0.15) is 0 Å². The predicted octanol–water partition coefficient (Wildman–Crippen LogP) is 1.67. The lowest BCUT2D eigenvalue weighted by Gasteiger charge is -2.09. The number of carboxylic acid groups (broad SMARTS) is 1. The second kappa shape index (κ2) is 5.88. The number of carboxylic acids is 1. The summed E-state index contributed by atoms with van der Waals surface area (Å²) in [5, 5.41) is 8.76. The van der Waals surface area contributed by atoms with Crippen LogP contribution < -0.4 is 0 Å². The summed E-state index contributed by atoms with van der Waals surface area (Å²) in [5.41, 5.74) is -0.0835. The number of rotatable bonds is 5. The Labute approximate surface area is 101 Å². The monoisotopic (exact) mass is 260 g/mol. The van der Waals surface area contributed by atoms with E-state index in [0.717, 1.165) is 18.2 Å². The highest BCUT2D eigenvalue weighted by Crippen LogP contribution is 2.16. The van der Waals surface area contributed by atoms with E-state index < -0.39 is 22.6 Å². The number of methoxy groups -OCH3 is 1. The first-order chi connectivity index (χ1) is 7.95. The van der Waals surface area contributed by atoms with Gasteiger partial charge in [0.15, 0.2) is 0 Å². The molecule has 0 heterocycles. The van der Waals surface area contributed by atoms with Crippen molar-refractivity contribution >= 4 is 16.8 Å². The zero-order valence-corrected chi connectivity index (χ0v) is 10.3. The maximum atomic E-state index is 13.4. The lowest BCUT2D eigenvalue weighted by molar-refractivity contribution is 0.0696. The molecule has 0 saturated carbocycles. The molecule has 1 aromatic rings. The molecule has 0 saturated heterocycles. The zero-order chi connectivity index (χ0) is 13.0. The molecule has 0 radical (unpaired) electrons. The normalized spacial score (nSPS) is 14.3. The van der Waals surface area contributed by atoms with Crippen LogP contribution in [0.25, 0.3) is 0 Å². The first kappa shape index (κ1) is 13.8. The number of aromatic carboxylic acids is 1. The number of hydrogen-bond donors (Lipinski definition) is 1. The summed E-state index contributed by atoms with van der Waals surface area (Å²) < 4.78 is 30.1. The quantitative estimate of drug-likeness (QED) is 0.874. The minimum atomic E-state index is -1.62. The predicted molar refractivity (Wildman–Crippen MR) is 61.1 cm³/mol. The Balaban J connectivity index is 3.00. The first-order valence-corrected chi connectivity index (χ1v) is 6.21.